The summed E-state index contributed by atoms with van der Waals surface area (Å²) in [6.45, 7) is 3.71. The highest BCUT2D eigenvalue weighted by atomic mass is 14.9. The molecule has 0 heterocycles. The Balaban J connectivity index is 1.41. The lowest BCUT2D eigenvalue weighted by atomic mass is 9.96. The van der Waals surface area contributed by atoms with Crippen molar-refractivity contribution in [1.82, 2.24) is 5.32 Å². The molecule has 1 nitrogen and oxygen atoms in total. The standard InChI is InChI=1S/C17H31N/c1-2-13-4-3-5-16(11-6-13)18-12-17(14-7-8-14)15-9-10-15/h13-18H,2-12H2,1H3. The molecule has 104 valence electrons. The second-order valence-corrected chi connectivity index (χ2v) is 7.23. The lowest BCUT2D eigenvalue weighted by Crippen LogP contribution is -2.34. The second kappa shape index (κ2) is 5.94. The van der Waals surface area contributed by atoms with Crippen molar-refractivity contribution in [3.8, 4) is 0 Å². The summed E-state index contributed by atoms with van der Waals surface area (Å²) in [4.78, 5) is 0. The zero-order valence-corrected chi connectivity index (χ0v) is 12.2. The van der Waals surface area contributed by atoms with Gasteiger partial charge in [0, 0.05) is 6.04 Å². The topological polar surface area (TPSA) is 12.0 Å². The molecule has 0 amide bonds. The van der Waals surface area contributed by atoms with Gasteiger partial charge >= 0.3 is 0 Å². The van der Waals surface area contributed by atoms with E-state index in [1.54, 1.807) is 0 Å². The fourth-order valence-corrected chi connectivity index (χ4v) is 4.06. The van der Waals surface area contributed by atoms with E-state index in [1.807, 2.05) is 0 Å². The summed E-state index contributed by atoms with van der Waals surface area (Å²) >= 11 is 0. The molecule has 0 bridgehead atoms. The van der Waals surface area contributed by atoms with Crippen LogP contribution < -0.4 is 5.32 Å². The van der Waals surface area contributed by atoms with E-state index >= 15 is 0 Å². The fraction of sp³-hybridized carbons (Fsp3) is 1.00. The van der Waals surface area contributed by atoms with Crippen molar-refractivity contribution < 1.29 is 0 Å². The maximum Gasteiger partial charge on any atom is 0.00672 e. The number of rotatable bonds is 6. The van der Waals surface area contributed by atoms with Crippen LogP contribution in [-0.2, 0) is 0 Å². The zero-order valence-electron chi connectivity index (χ0n) is 12.2. The highest BCUT2D eigenvalue weighted by molar-refractivity contribution is 4.93. The number of nitrogens with one attached hydrogen (secondary N) is 1. The van der Waals surface area contributed by atoms with Gasteiger partial charge in [-0.3, -0.25) is 0 Å². The first-order valence-corrected chi connectivity index (χ1v) is 8.60. The summed E-state index contributed by atoms with van der Waals surface area (Å²) in [6.07, 6.45) is 14.9. The molecule has 1 N–H and O–H groups in total. The van der Waals surface area contributed by atoms with Gasteiger partial charge in [-0.25, -0.2) is 0 Å². The first kappa shape index (κ1) is 13.0. The predicted octanol–water partition coefficient (Wildman–Crippen LogP) is 4.37. The summed E-state index contributed by atoms with van der Waals surface area (Å²) in [5.41, 5.74) is 0. The molecule has 0 saturated heterocycles. The molecule has 2 atom stereocenters. The monoisotopic (exact) mass is 249 g/mol. The summed E-state index contributed by atoms with van der Waals surface area (Å²) in [5, 5.41) is 3.95. The molecular formula is C17H31N. The molecule has 0 aromatic rings. The predicted molar refractivity (Wildman–Crippen MR) is 77.6 cm³/mol. The second-order valence-electron chi connectivity index (χ2n) is 7.23. The highest BCUT2D eigenvalue weighted by Crippen LogP contribution is 2.48. The number of hydrogen-bond acceptors (Lipinski definition) is 1. The fourth-order valence-electron chi connectivity index (χ4n) is 4.06. The molecule has 3 rings (SSSR count). The summed E-state index contributed by atoms with van der Waals surface area (Å²) in [7, 11) is 0. The van der Waals surface area contributed by atoms with Crippen LogP contribution >= 0.6 is 0 Å². The van der Waals surface area contributed by atoms with E-state index in [9.17, 15) is 0 Å². The van der Waals surface area contributed by atoms with Crippen LogP contribution in [0.25, 0.3) is 0 Å². The van der Waals surface area contributed by atoms with E-state index in [-0.39, 0.29) is 0 Å². The van der Waals surface area contributed by atoms with Crippen LogP contribution in [0.5, 0.6) is 0 Å². The average Bonchev–Trinajstić information content (AvgIpc) is 3.25. The van der Waals surface area contributed by atoms with Crippen molar-refractivity contribution in [3.63, 3.8) is 0 Å². The third-order valence-electron chi connectivity index (χ3n) is 5.76. The Labute approximate surface area is 113 Å². The van der Waals surface area contributed by atoms with Crippen LogP contribution in [0.4, 0.5) is 0 Å². The Morgan fingerprint density at radius 3 is 2.22 bits per heavy atom. The Kier molecular flexibility index (Phi) is 4.28. The van der Waals surface area contributed by atoms with Gasteiger partial charge < -0.3 is 5.32 Å². The quantitative estimate of drug-likeness (QED) is 0.689. The maximum atomic E-state index is 3.95. The van der Waals surface area contributed by atoms with Crippen molar-refractivity contribution in [2.75, 3.05) is 6.54 Å². The molecule has 0 radical (unpaired) electrons. The van der Waals surface area contributed by atoms with Crippen molar-refractivity contribution in [1.29, 1.82) is 0 Å². The molecule has 18 heavy (non-hydrogen) atoms. The molecule has 3 saturated carbocycles. The van der Waals surface area contributed by atoms with Crippen molar-refractivity contribution in [3.05, 3.63) is 0 Å². The normalized spacial score (nSPS) is 33.7. The lowest BCUT2D eigenvalue weighted by Gasteiger charge is -2.22. The van der Waals surface area contributed by atoms with Gasteiger partial charge in [0.15, 0.2) is 0 Å². The van der Waals surface area contributed by atoms with Crippen LogP contribution in [0.1, 0.15) is 71.1 Å². The number of hydrogen-bond donors (Lipinski definition) is 1. The molecule has 0 spiro atoms. The van der Waals surface area contributed by atoms with Crippen molar-refractivity contribution in [2.24, 2.45) is 23.7 Å². The minimum absolute atomic E-state index is 0.849. The Hall–Kier alpha value is -0.0400. The van der Waals surface area contributed by atoms with Crippen LogP contribution in [0.15, 0.2) is 0 Å². The van der Waals surface area contributed by atoms with E-state index in [0.29, 0.717) is 0 Å². The van der Waals surface area contributed by atoms with E-state index in [2.05, 4.69) is 12.2 Å². The lowest BCUT2D eigenvalue weighted by molar-refractivity contribution is 0.339. The van der Waals surface area contributed by atoms with Crippen molar-refractivity contribution >= 4 is 0 Å². The van der Waals surface area contributed by atoms with E-state index in [0.717, 1.165) is 29.7 Å². The molecule has 2 unspecified atom stereocenters. The molecule has 0 aromatic heterocycles. The van der Waals surface area contributed by atoms with Gasteiger partial charge in [0.2, 0.25) is 0 Å². The van der Waals surface area contributed by atoms with Crippen LogP contribution in [-0.4, -0.2) is 12.6 Å². The van der Waals surface area contributed by atoms with Crippen LogP contribution in [0.3, 0.4) is 0 Å². The van der Waals surface area contributed by atoms with Crippen LogP contribution in [0, 0.1) is 23.7 Å². The van der Waals surface area contributed by atoms with Crippen molar-refractivity contribution in [2.45, 2.75) is 77.2 Å². The van der Waals surface area contributed by atoms with Gasteiger partial charge in [0.1, 0.15) is 0 Å². The van der Waals surface area contributed by atoms with Crippen LogP contribution in [0.2, 0.25) is 0 Å². The molecule has 3 fully saturated rings. The van der Waals surface area contributed by atoms with E-state index in [4.69, 9.17) is 0 Å². The molecule has 3 aliphatic carbocycles. The third-order valence-corrected chi connectivity index (χ3v) is 5.76. The molecule has 1 heteroatoms. The Bertz CT molecular complexity index is 242. The minimum Gasteiger partial charge on any atom is -0.314 e. The zero-order chi connectivity index (χ0) is 12.4. The third kappa shape index (κ3) is 3.50. The average molecular weight is 249 g/mol. The van der Waals surface area contributed by atoms with E-state index < -0.39 is 0 Å². The molecule has 3 aliphatic rings. The summed E-state index contributed by atoms with van der Waals surface area (Å²) < 4.78 is 0. The Morgan fingerprint density at radius 2 is 1.61 bits per heavy atom. The molecule has 0 aliphatic heterocycles. The van der Waals surface area contributed by atoms with Gasteiger partial charge in [0.05, 0.1) is 0 Å². The molecule has 0 aromatic carbocycles. The Morgan fingerprint density at radius 1 is 0.889 bits per heavy atom. The maximum absolute atomic E-state index is 3.95. The molecular weight excluding hydrogens is 218 g/mol. The largest absolute Gasteiger partial charge is 0.314 e. The smallest absolute Gasteiger partial charge is 0.00672 e. The van der Waals surface area contributed by atoms with Gasteiger partial charge in [-0.05, 0) is 75.2 Å². The first-order chi connectivity index (χ1) is 8.86. The van der Waals surface area contributed by atoms with E-state index in [1.165, 1.54) is 70.8 Å². The van der Waals surface area contributed by atoms with Gasteiger partial charge in [-0.2, -0.15) is 0 Å². The summed E-state index contributed by atoms with van der Waals surface area (Å²) in [5.74, 6) is 4.30. The first-order valence-electron chi connectivity index (χ1n) is 8.60. The van der Waals surface area contributed by atoms with Gasteiger partial charge in [-0.15, -0.1) is 0 Å². The highest BCUT2D eigenvalue weighted by Gasteiger charge is 2.41. The minimum atomic E-state index is 0.849. The van der Waals surface area contributed by atoms with Gasteiger partial charge in [0.25, 0.3) is 0 Å². The summed E-state index contributed by atoms with van der Waals surface area (Å²) in [6, 6.07) is 0.849. The SMILES string of the molecule is CCC1CCCC(NCC(C2CC2)C2CC2)CC1. The van der Waals surface area contributed by atoms with Gasteiger partial charge in [-0.1, -0.05) is 26.2 Å².